The first-order chi connectivity index (χ1) is 10.2. The highest BCUT2D eigenvalue weighted by Crippen LogP contribution is 2.20. The summed E-state index contributed by atoms with van der Waals surface area (Å²) in [6.45, 7) is 1.01. The highest BCUT2D eigenvalue weighted by Gasteiger charge is 2.27. The van der Waals surface area contributed by atoms with E-state index in [0.29, 0.717) is 5.75 Å². The highest BCUT2D eigenvalue weighted by molar-refractivity contribution is 5.80. The van der Waals surface area contributed by atoms with E-state index in [9.17, 15) is 22.8 Å². The molecule has 0 heterocycles. The Morgan fingerprint density at radius 1 is 1.18 bits per heavy atom. The number of hydrogen-bond donors (Lipinski definition) is 1. The lowest BCUT2D eigenvalue weighted by molar-refractivity contribution is -0.152. The highest BCUT2D eigenvalue weighted by atomic mass is 19.4. The number of benzene rings is 1. The number of aryl methyl sites for hydroxylation is 1. The minimum absolute atomic E-state index is 0.434. The average molecular weight is 319 g/mol. The fourth-order valence-corrected chi connectivity index (χ4v) is 1.45. The second-order valence-corrected chi connectivity index (χ2v) is 4.54. The smallest absolute Gasteiger partial charge is 0.405 e. The van der Waals surface area contributed by atoms with Crippen molar-refractivity contribution in [2.45, 2.75) is 20.0 Å². The third-order valence-electron chi connectivity index (χ3n) is 2.75. The second kappa shape index (κ2) is 7.67. The predicted molar refractivity (Wildman–Crippen MR) is 71.4 cm³/mol. The van der Waals surface area contributed by atoms with Gasteiger partial charge in [-0.1, -0.05) is 12.1 Å². The maximum Gasteiger partial charge on any atom is 0.405 e. The number of ether oxygens (including phenoxy) is 2. The Morgan fingerprint density at radius 3 is 2.50 bits per heavy atom. The average Bonchev–Trinajstić information content (AvgIpc) is 2.43. The molecule has 0 aromatic heterocycles. The molecule has 0 unspecified atom stereocenters. The van der Waals surface area contributed by atoms with Gasteiger partial charge < -0.3 is 14.8 Å². The molecular weight excluding hydrogens is 303 g/mol. The molecule has 0 radical (unpaired) electrons. The van der Waals surface area contributed by atoms with Crippen LogP contribution in [0.5, 0.6) is 5.75 Å². The number of alkyl halides is 3. The Morgan fingerprint density at radius 2 is 1.86 bits per heavy atom. The second-order valence-electron chi connectivity index (χ2n) is 4.54. The van der Waals surface area contributed by atoms with Gasteiger partial charge in [-0.3, -0.25) is 4.79 Å². The molecule has 0 aliphatic rings. The van der Waals surface area contributed by atoms with Crippen molar-refractivity contribution in [3.8, 4) is 5.75 Å². The summed E-state index contributed by atoms with van der Waals surface area (Å²) in [6.07, 6.45) is -4.51. The summed E-state index contributed by atoms with van der Waals surface area (Å²) in [7, 11) is 0. The van der Waals surface area contributed by atoms with Crippen molar-refractivity contribution in [2.75, 3.05) is 19.8 Å². The van der Waals surface area contributed by atoms with Gasteiger partial charge in [-0.05, 0) is 31.0 Å². The summed E-state index contributed by atoms with van der Waals surface area (Å²) in [5, 5.41) is 1.59. The van der Waals surface area contributed by atoms with Crippen LogP contribution in [0, 0.1) is 13.8 Å². The van der Waals surface area contributed by atoms with Crippen molar-refractivity contribution in [3.05, 3.63) is 29.3 Å². The van der Waals surface area contributed by atoms with Crippen molar-refractivity contribution >= 4 is 11.9 Å². The summed E-state index contributed by atoms with van der Waals surface area (Å²) >= 11 is 0. The molecule has 5 nitrogen and oxygen atoms in total. The number of hydrogen-bond acceptors (Lipinski definition) is 4. The lowest BCUT2D eigenvalue weighted by atomic mass is 10.1. The van der Waals surface area contributed by atoms with Crippen molar-refractivity contribution < 1.29 is 32.2 Å². The van der Waals surface area contributed by atoms with Crippen LogP contribution in [0.1, 0.15) is 11.1 Å². The molecule has 0 bridgehead atoms. The van der Waals surface area contributed by atoms with Gasteiger partial charge >= 0.3 is 12.1 Å². The number of rotatable bonds is 6. The SMILES string of the molecule is Cc1cccc(OCC(=O)OCC(=O)NCC(F)(F)F)c1C. The quantitative estimate of drug-likeness (QED) is 0.814. The Kier molecular flexibility index (Phi) is 6.21. The molecule has 122 valence electrons. The van der Waals surface area contributed by atoms with E-state index < -0.39 is 37.8 Å². The van der Waals surface area contributed by atoms with E-state index in [0.717, 1.165) is 11.1 Å². The zero-order valence-corrected chi connectivity index (χ0v) is 12.1. The van der Waals surface area contributed by atoms with Crippen LogP contribution in [0.2, 0.25) is 0 Å². The van der Waals surface area contributed by atoms with Crippen molar-refractivity contribution in [1.82, 2.24) is 5.32 Å². The molecule has 0 aliphatic carbocycles. The molecular formula is C14H16F3NO4. The summed E-state index contributed by atoms with van der Waals surface area (Å²) in [4.78, 5) is 22.4. The van der Waals surface area contributed by atoms with Crippen molar-refractivity contribution in [2.24, 2.45) is 0 Å². The Bertz CT molecular complexity index is 543. The maximum absolute atomic E-state index is 11.9. The standard InChI is InChI=1S/C14H16F3NO4/c1-9-4-3-5-11(10(9)2)21-7-13(20)22-6-12(19)18-8-14(15,16)17/h3-5H,6-8H2,1-2H3,(H,18,19). The summed E-state index contributed by atoms with van der Waals surface area (Å²) in [5.41, 5.74) is 1.84. The number of nitrogens with one attached hydrogen (secondary N) is 1. The van der Waals surface area contributed by atoms with Gasteiger partial charge in [0.05, 0.1) is 0 Å². The van der Waals surface area contributed by atoms with E-state index in [1.807, 2.05) is 19.9 Å². The molecule has 8 heteroatoms. The fourth-order valence-electron chi connectivity index (χ4n) is 1.45. The molecule has 22 heavy (non-hydrogen) atoms. The molecule has 0 atom stereocenters. The van der Waals surface area contributed by atoms with Crippen LogP contribution in [0.4, 0.5) is 13.2 Å². The Labute approximate surface area is 125 Å². The molecule has 0 spiro atoms. The number of esters is 1. The molecule has 1 aromatic rings. The van der Waals surface area contributed by atoms with E-state index in [1.165, 1.54) is 0 Å². The maximum atomic E-state index is 11.9. The van der Waals surface area contributed by atoms with Crippen molar-refractivity contribution in [1.29, 1.82) is 0 Å². The van der Waals surface area contributed by atoms with Gasteiger partial charge in [0.25, 0.3) is 5.91 Å². The topological polar surface area (TPSA) is 64.6 Å². The van der Waals surface area contributed by atoms with Gasteiger partial charge in [0.2, 0.25) is 0 Å². The number of carbonyl (C=O) groups is 2. The number of amides is 1. The van der Waals surface area contributed by atoms with Crippen LogP contribution in [-0.4, -0.2) is 37.8 Å². The molecule has 0 saturated heterocycles. The minimum atomic E-state index is -4.51. The minimum Gasteiger partial charge on any atom is -0.482 e. The molecule has 1 N–H and O–H groups in total. The van der Waals surface area contributed by atoms with Gasteiger partial charge in [0.15, 0.2) is 13.2 Å². The van der Waals surface area contributed by atoms with Crippen LogP contribution in [0.25, 0.3) is 0 Å². The first kappa shape index (κ1) is 17.8. The van der Waals surface area contributed by atoms with Gasteiger partial charge in [0.1, 0.15) is 12.3 Å². The van der Waals surface area contributed by atoms with Crippen LogP contribution in [0.15, 0.2) is 18.2 Å². The molecule has 1 rings (SSSR count). The molecule has 0 fully saturated rings. The monoisotopic (exact) mass is 319 g/mol. The lowest BCUT2D eigenvalue weighted by Crippen LogP contribution is -2.36. The van der Waals surface area contributed by atoms with E-state index in [4.69, 9.17) is 4.74 Å². The normalized spacial score (nSPS) is 11.0. The first-order valence-electron chi connectivity index (χ1n) is 6.37. The Balaban J connectivity index is 2.32. The largest absolute Gasteiger partial charge is 0.482 e. The van der Waals surface area contributed by atoms with E-state index in [2.05, 4.69) is 4.74 Å². The summed E-state index contributed by atoms with van der Waals surface area (Å²) in [6, 6.07) is 5.31. The molecule has 0 saturated carbocycles. The van der Waals surface area contributed by atoms with Crippen molar-refractivity contribution in [3.63, 3.8) is 0 Å². The summed E-state index contributed by atoms with van der Waals surface area (Å²) < 4.78 is 45.3. The molecule has 1 amide bonds. The molecule has 1 aromatic carbocycles. The molecule has 0 aliphatic heterocycles. The fraction of sp³-hybridized carbons (Fsp3) is 0.429. The lowest BCUT2D eigenvalue weighted by Gasteiger charge is -2.11. The van der Waals surface area contributed by atoms with E-state index in [-0.39, 0.29) is 0 Å². The van der Waals surface area contributed by atoms with Gasteiger partial charge in [-0.2, -0.15) is 13.2 Å². The Hall–Kier alpha value is -2.25. The first-order valence-corrected chi connectivity index (χ1v) is 6.37. The van der Waals surface area contributed by atoms with E-state index >= 15 is 0 Å². The number of carbonyl (C=O) groups excluding carboxylic acids is 2. The van der Waals surface area contributed by atoms with Crippen LogP contribution < -0.4 is 10.1 Å². The third-order valence-corrected chi connectivity index (χ3v) is 2.75. The zero-order valence-electron chi connectivity index (χ0n) is 12.1. The van der Waals surface area contributed by atoms with Gasteiger partial charge in [-0.15, -0.1) is 0 Å². The van der Waals surface area contributed by atoms with Crippen LogP contribution >= 0.6 is 0 Å². The van der Waals surface area contributed by atoms with Crippen LogP contribution in [-0.2, 0) is 14.3 Å². The van der Waals surface area contributed by atoms with E-state index in [1.54, 1.807) is 17.4 Å². The summed E-state index contributed by atoms with van der Waals surface area (Å²) in [5.74, 6) is -1.38. The van der Waals surface area contributed by atoms with Gasteiger partial charge in [0, 0.05) is 0 Å². The number of halogens is 3. The van der Waals surface area contributed by atoms with Crippen LogP contribution in [0.3, 0.4) is 0 Å². The zero-order chi connectivity index (χ0) is 16.8. The predicted octanol–water partition coefficient (Wildman–Crippen LogP) is 1.90. The third kappa shape index (κ3) is 6.47. The van der Waals surface area contributed by atoms with Gasteiger partial charge in [-0.25, -0.2) is 4.79 Å².